The van der Waals surface area contributed by atoms with Crippen LogP contribution in [0.3, 0.4) is 0 Å². The van der Waals surface area contributed by atoms with Crippen molar-refractivity contribution in [2.24, 2.45) is 5.73 Å². The molecule has 0 bridgehead atoms. The second-order valence-corrected chi connectivity index (χ2v) is 8.67. The van der Waals surface area contributed by atoms with Crippen molar-refractivity contribution in [2.75, 3.05) is 39.5 Å². The van der Waals surface area contributed by atoms with Crippen LogP contribution in [0.1, 0.15) is 23.5 Å². The number of benzene rings is 2. The van der Waals surface area contributed by atoms with E-state index in [-0.39, 0.29) is 11.9 Å². The van der Waals surface area contributed by atoms with E-state index >= 15 is 0 Å². The summed E-state index contributed by atoms with van der Waals surface area (Å²) >= 11 is 1.79. The molecule has 0 spiro atoms. The normalized spacial score (nSPS) is 23.4. The smallest absolute Gasteiger partial charge is 0.123 e. The van der Waals surface area contributed by atoms with E-state index in [2.05, 4.69) is 8.61 Å². The molecule has 2 N–H and O–H groups in total. The topological polar surface area (TPSA) is 51.0 Å². The Balaban J connectivity index is 1.43. The van der Waals surface area contributed by atoms with Gasteiger partial charge in [0.15, 0.2) is 0 Å². The van der Waals surface area contributed by atoms with Gasteiger partial charge in [0.1, 0.15) is 18.2 Å². The molecule has 2 aliphatic heterocycles. The quantitative estimate of drug-likeness (QED) is 0.697. The first kappa shape index (κ1) is 20.6. The first-order chi connectivity index (χ1) is 14.2. The van der Waals surface area contributed by atoms with Crippen LogP contribution in [0.15, 0.2) is 48.5 Å². The van der Waals surface area contributed by atoms with Gasteiger partial charge in [-0.25, -0.2) is 13.0 Å². The van der Waals surface area contributed by atoms with E-state index in [0.29, 0.717) is 19.1 Å². The van der Waals surface area contributed by atoms with Crippen LogP contribution in [0.5, 0.6) is 5.75 Å². The second kappa shape index (κ2) is 9.91. The van der Waals surface area contributed by atoms with Crippen LogP contribution in [-0.4, -0.2) is 54.1 Å². The maximum atomic E-state index is 13.3. The summed E-state index contributed by atoms with van der Waals surface area (Å²) in [4.78, 5) is 0. The molecule has 2 aliphatic rings. The van der Waals surface area contributed by atoms with E-state index in [1.807, 2.05) is 36.4 Å². The summed E-state index contributed by atoms with van der Waals surface area (Å²) in [6.45, 7) is 5.44. The summed E-state index contributed by atoms with van der Waals surface area (Å²) in [5, 5.41) is 0. The molecule has 0 saturated carbocycles. The number of nitrogens with zero attached hydrogens (tertiary/aromatic N) is 2. The van der Waals surface area contributed by atoms with E-state index in [4.69, 9.17) is 15.2 Å². The van der Waals surface area contributed by atoms with Crippen LogP contribution in [0.4, 0.5) is 4.39 Å². The van der Waals surface area contributed by atoms with Crippen LogP contribution < -0.4 is 10.5 Å². The SMILES string of the molecule is NCc1cccc(OCC2CC(c3ccc(F)cc3)CN2SN2CCOCC2)c1. The molecule has 2 aromatic rings. The van der Waals surface area contributed by atoms with E-state index in [9.17, 15) is 4.39 Å². The van der Waals surface area contributed by atoms with Crippen molar-refractivity contribution >= 4 is 12.1 Å². The molecule has 5 nitrogen and oxygen atoms in total. The number of hydrogen-bond acceptors (Lipinski definition) is 6. The van der Waals surface area contributed by atoms with Crippen molar-refractivity contribution in [3.05, 3.63) is 65.5 Å². The zero-order valence-electron chi connectivity index (χ0n) is 16.5. The van der Waals surface area contributed by atoms with Crippen LogP contribution in [-0.2, 0) is 11.3 Å². The summed E-state index contributed by atoms with van der Waals surface area (Å²) in [5.74, 6) is 1.04. The molecule has 2 saturated heterocycles. The third-order valence-electron chi connectivity index (χ3n) is 5.47. The van der Waals surface area contributed by atoms with Crippen LogP contribution in [0.2, 0.25) is 0 Å². The molecular formula is C22H28FN3O2S. The fourth-order valence-electron chi connectivity index (χ4n) is 3.85. The lowest BCUT2D eigenvalue weighted by atomic mass is 9.96. The Labute approximate surface area is 176 Å². The molecule has 4 rings (SSSR count). The Morgan fingerprint density at radius 1 is 1.14 bits per heavy atom. The minimum Gasteiger partial charge on any atom is -0.492 e. The Morgan fingerprint density at radius 3 is 2.69 bits per heavy atom. The molecule has 156 valence electrons. The molecule has 0 aromatic heterocycles. The first-order valence-corrected chi connectivity index (χ1v) is 10.9. The van der Waals surface area contributed by atoms with Gasteiger partial charge in [-0.05, 0) is 47.7 Å². The molecule has 0 aliphatic carbocycles. The molecule has 2 aromatic carbocycles. The van der Waals surface area contributed by atoms with E-state index < -0.39 is 0 Å². The number of nitrogens with two attached hydrogens (primary N) is 1. The molecule has 2 fully saturated rings. The fraction of sp³-hybridized carbons (Fsp3) is 0.455. The summed E-state index contributed by atoms with van der Waals surface area (Å²) in [7, 11) is 0. The van der Waals surface area contributed by atoms with Gasteiger partial charge < -0.3 is 15.2 Å². The van der Waals surface area contributed by atoms with Crippen molar-refractivity contribution in [2.45, 2.75) is 24.9 Å². The number of hydrogen-bond donors (Lipinski definition) is 1. The minimum absolute atomic E-state index is 0.189. The van der Waals surface area contributed by atoms with E-state index in [1.165, 1.54) is 5.56 Å². The van der Waals surface area contributed by atoms with Crippen molar-refractivity contribution < 1.29 is 13.9 Å². The van der Waals surface area contributed by atoms with Gasteiger partial charge in [-0.15, -0.1) is 0 Å². The maximum Gasteiger partial charge on any atom is 0.123 e. The van der Waals surface area contributed by atoms with Crippen molar-refractivity contribution in [3.8, 4) is 5.75 Å². The Morgan fingerprint density at radius 2 is 1.93 bits per heavy atom. The molecule has 2 unspecified atom stereocenters. The highest BCUT2D eigenvalue weighted by atomic mass is 32.2. The van der Waals surface area contributed by atoms with Gasteiger partial charge in [0.05, 0.1) is 19.3 Å². The van der Waals surface area contributed by atoms with Gasteiger partial charge >= 0.3 is 0 Å². The van der Waals surface area contributed by atoms with Crippen molar-refractivity contribution in [3.63, 3.8) is 0 Å². The summed E-state index contributed by atoms with van der Waals surface area (Å²) in [5.41, 5.74) is 8.00. The van der Waals surface area contributed by atoms with E-state index in [0.717, 1.165) is 50.6 Å². The second-order valence-electron chi connectivity index (χ2n) is 7.52. The number of morpholine rings is 1. The molecule has 0 amide bonds. The molecule has 7 heteroatoms. The molecule has 0 radical (unpaired) electrons. The van der Waals surface area contributed by atoms with Crippen LogP contribution >= 0.6 is 12.1 Å². The average molecular weight is 418 g/mol. The Hall–Kier alpha value is -1.64. The first-order valence-electron chi connectivity index (χ1n) is 10.2. The molecule has 2 atom stereocenters. The third kappa shape index (κ3) is 5.49. The maximum absolute atomic E-state index is 13.3. The fourth-order valence-corrected chi connectivity index (χ4v) is 4.98. The van der Waals surface area contributed by atoms with Gasteiger partial charge in [0.25, 0.3) is 0 Å². The lowest BCUT2D eigenvalue weighted by Gasteiger charge is -2.31. The summed E-state index contributed by atoms with van der Waals surface area (Å²) in [6, 6.07) is 15.2. The van der Waals surface area contributed by atoms with Crippen molar-refractivity contribution in [1.82, 2.24) is 8.61 Å². The Bertz CT molecular complexity index is 786. The number of rotatable bonds is 7. The minimum atomic E-state index is -0.189. The third-order valence-corrected chi connectivity index (χ3v) is 6.73. The predicted molar refractivity (Wildman–Crippen MR) is 114 cm³/mol. The van der Waals surface area contributed by atoms with Gasteiger partial charge in [-0.3, -0.25) is 0 Å². The zero-order valence-corrected chi connectivity index (χ0v) is 17.3. The lowest BCUT2D eigenvalue weighted by Crippen LogP contribution is -2.37. The van der Waals surface area contributed by atoms with Gasteiger partial charge in [0, 0.05) is 38.3 Å². The lowest BCUT2D eigenvalue weighted by molar-refractivity contribution is 0.0753. The van der Waals surface area contributed by atoms with Crippen LogP contribution in [0.25, 0.3) is 0 Å². The van der Waals surface area contributed by atoms with Gasteiger partial charge in [-0.1, -0.05) is 24.3 Å². The highest BCUT2D eigenvalue weighted by Gasteiger charge is 2.35. The van der Waals surface area contributed by atoms with Crippen LogP contribution in [0, 0.1) is 5.82 Å². The molecular weight excluding hydrogens is 389 g/mol. The zero-order chi connectivity index (χ0) is 20.1. The highest BCUT2D eigenvalue weighted by molar-refractivity contribution is 7.94. The molecule has 2 heterocycles. The van der Waals surface area contributed by atoms with Crippen molar-refractivity contribution in [1.29, 1.82) is 0 Å². The largest absolute Gasteiger partial charge is 0.492 e. The number of ether oxygens (including phenoxy) is 2. The molecule has 29 heavy (non-hydrogen) atoms. The van der Waals surface area contributed by atoms with E-state index in [1.54, 1.807) is 24.3 Å². The summed E-state index contributed by atoms with van der Waals surface area (Å²) < 4.78 is 29.7. The standard InChI is InChI=1S/C22H28FN3O2S/c23-20-6-4-18(5-7-20)19-13-21(16-28-22-3-1-2-17(12-22)14-24)26(15-19)29-25-8-10-27-11-9-25/h1-7,12,19,21H,8-11,13-16,24H2. The monoisotopic (exact) mass is 417 g/mol. The summed E-state index contributed by atoms with van der Waals surface area (Å²) in [6.07, 6.45) is 0.986. The average Bonchev–Trinajstić information content (AvgIpc) is 3.16. The Kier molecular flexibility index (Phi) is 7.05. The van der Waals surface area contributed by atoms with Gasteiger partial charge in [0.2, 0.25) is 0 Å². The van der Waals surface area contributed by atoms with Gasteiger partial charge in [-0.2, -0.15) is 0 Å². The number of halogens is 1. The highest BCUT2D eigenvalue weighted by Crippen LogP contribution is 2.37. The predicted octanol–water partition coefficient (Wildman–Crippen LogP) is 3.42.